The standard InChI is InChI=1S/C14H26N6/c1-4-5-13(10-15)19-6-8-20(9-7-19)14-16-11(2)12(3)17-18-14/h13H,4-10,15H2,1-3H3. The Morgan fingerprint density at radius 2 is 1.80 bits per heavy atom. The molecule has 0 bridgehead atoms. The molecule has 1 aromatic rings. The van der Waals surface area contributed by atoms with Crippen LogP contribution in [0.15, 0.2) is 0 Å². The summed E-state index contributed by atoms with van der Waals surface area (Å²) in [5.74, 6) is 0.757. The van der Waals surface area contributed by atoms with Crippen molar-refractivity contribution in [1.82, 2.24) is 20.1 Å². The van der Waals surface area contributed by atoms with Crippen LogP contribution in [0.5, 0.6) is 0 Å². The van der Waals surface area contributed by atoms with E-state index < -0.39 is 0 Å². The summed E-state index contributed by atoms with van der Waals surface area (Å²) in [5.41, 5.74) is 7.74. The van der Waals surface area contributed by atoms with Gasteiger partial charge in [-0.15, -0.1) is 5.10 Å². The average Bonchev–Trinajstić information content (AvgIpc) is 2.48. The van der Waals surface area contributed by atoms with Gasteiger partial charge in [-0.25, -0.2) is 4.98 Å². The van der Waals surface area contributed by atoms with E-state index in [1.807, 2.05) is 13.8 Å². The number of hydrogen-bond donors (Lipinski definition) is 1. The Balaban J connectivity index is 1.95. The fourth-order valence-corrected chi connectivity index (χ4v) is 2.65. The van der Waals surface area contributed by atoms with E-state index in [0.717, 1.165) is 50.1 Å². The van der Waals surface area contributed by atoms with Gasteiger partial charge in [-0.3, -0.25) is 4.90 Å². The summed E-state index contributed by atoms with van der Waals surface area (Å²) in [6.45, 7) is 10.8. The van der Waals surface area contributed by atoms with E-state index in [4.69, 9.17) is 5.73 Å². The van der Waals surface area contributed by atoms with Crippen molar-refractivity contribution >= 4 is 5.95 Å². The summed E-state index contributed by atoms with van der Waals surface area (Å²) in [6, 6.07) is 0.515. The first kappa shape index (κ1) is 15.1. The van der Waals surface area contributed by atoms with Gasteiger partial charge in [-0.1, -0.05) is 13.3 Å². The van der Waals surface area contributed by atoms with Crippen LogP contribution in [0, 0.1) is 13.8 Å². The van der Waals surface area contributed by atoms with Gasteiger partial charge in [0.25, 0.3) is 0 Å². The van der Waals surface area contributed by atoms with Gasteiger partial charge in [0, 0.05) is 38.8 Å². The van der Waals surface area contributed by atoms with Gasteiger partial charge in [0.15, 0.2) is 0 Å². The molecule has 20 heavy (non-hydrogen) atoms. The molecule has 1 saturated heterocycles. The molecular formula is C14H26N6. The van der Waals surface area contributed by atoms with Crippen LogP contribution in [-0.4, -0.2) is 58.8 Å². The molecule has 1 aliphatic rings. The third kappa shape index (κ3) is 3.43. The summed E-state index contributed by atoms with van der Waals surface area (Å²) in [6.07, 6.45) is 2.37. The first-order valence-electron chi connectivity index (χ1n) is 7.52. The number of aryl methyl sites for hydroxylation is 2. The van der Waals surface area contributed by atoms with Gasteiger partial charge in [-0.05, 0) is 20.3 Å². The molecule has 1 aliphatic heterocycles. The zero-order valence-corrected chi connectivity index (χ0v) is 12.8. The van der Waals surface area contributed by atoms with Gasteiger partial charge in [0.1, 0.15) is 0 Å². The lowest BCUT2D eigenvalue weighted by Gasteiger charge is -2.38. The van der Waals surface area contributed by atoms with Gasteiger partial charge in [-0.2, -0.15) is 5.10 Å². The Labute approximate surface area is 121 Å². The van der Waals surface area contributed by atoms with Gasteiger partial charge in [0.2, 0.25) is 5.95 Å². The van der Waals surface area contributed by atoms with Crippen LogP contribution >= 0.6 is 0 Å². The molecule has 1 atom stereocenters. The highest BCUT2D eigenvalue weighted by Crippen LogP contribution is 2.14. The highest BCUT2D eigenvalue weighted by Gasteiger charge is 2.24. The van der Waals surface area contributed by atoms with E-state index in [2.05, 4.69) is 31.9 Å². The zero-order valence-electron chi connectivity index (χ0n) is 12.8. The molecule has 0 radical (unpaired) electrons. The second-order valence-corrected chi connectivity index (χ2v) is 5.48. The molecule has 1 aromatic heterocycles. The maximum atomic E-state index is 5.88. The van der Waals surface area contributed by atoms with Gasteiger partial charge >= 0.3 is 0 Å². The van der Waals surface area contributed by atoms with E-state index in [1.54, 1.807) is 0 Å². The van der Waals surface area contributed by atoms with Crippen molar-refractivity contribution in [3.8, 4) is 0 Å². The maximum absolute atomic E-state index is 5.88. The van der Waals surface area contributed by atoms with Crippen molar-refractivity contribution in [2.75, 3.05) is 37.6 Å². The van der Waals surface area contributed by atoms with Crippen molar-refractivity contribution in [3.63, 3.8) is 0 Å². The lowest BCUT2D eigenvalue weighted by Crippen LogP contribution is -2.52. The number of nitrogens with two attached hydrogens (primary N) is 1. The molecule has 1 unspecified atom stereocenters. The lowest BCUT2D eigenvalue weighted by molar-refractivity contribution is 0.178. The van der Waals surface area contributed by atoms with Crippen LogP contribution < -0.4 is 10.6 Å². The number of piperazine rings is 1. The summed E-state index contributed by atoms with van der Waals surface area (Å²) in [4.78, 5) is 9.24. The van der Waals surface area contributed by atoms with Crippen LogP contribution in [-0.2, 0) is 0 Å². The van der Waals surface area contributed by atoms with Gasteiger partial charge < -0.3 is 10.6 Å². The Morgan fingerprint density at radius 3 is 2.35 bits per heavy atom. The zero-order chi connectivity index (χ0) is 14.5. The Bertz CT molecular complexity index is 428. The predicted molar refractivity (Wildman–Crippen MR) is 80.8 cm³/mol. The minimum absolute atomic E-state index is 0.515. The Kier molecular flexibility index (Phi) is 5.25. The molecule has 0 aliphatic carbocycles. The normalized spacial score (nSPS) is 18.3. The minimum Gasteiger partial charge on any atom is -0.337 e. The second-order valence-electron chi connectivity index (χ2n) is 5.48. The SMILES string of the molecule is CCCC(CN)N1CCN(c2nnc(C)c(C)n2)CC1. The van der Waals surface area contributed by atoms with Crippen molar-refractivity contribution < 1.29 is 0 Å². The second kappa shape index (κ2) is 6.95. The summed E-state index contributed by atoms with van der Waals surface area (Å²) in [7, 11) is 0. The fourth-order valence-electron chi connectivity index (χ4n) is 2.65. The van der Waals surface area contributed by atoms with Crippen LogP contribution in [0.1, 0.15) is 31.2 Å². The molecule has 6 heteroatoms. The molecule has 0 saturated carbocycles. The molecule has 0 amide bonds. The van der Waals surface area contributed by atoms with E-state index in [0.29, 0.717) is 6.04 Å². The average molecular weight is 278 g/mol. The number of rotatable bonds is 5. The quantitative estimate of drug-likeness (QED) is 0.856. The molecule has 2 heterocycles. The van der Waals surface area contributed by atoms with E-state index in [9.17, 15) is 0 Å². The molecule has 0 spiro atoms. The highest BCUT2D eigenvalue weighted by atomic mass is 15.4. The monoisotopic (exact) mass is 278 g/mol. The molecule has 2 rings (SSSR count). The molecule has 0 aromatic carbocycles. The van der Waals surface area contributed by atoms with Crippen LogP contribution in [0.25, 0.3) is 0 Å². The first-order valence-corrected chi connectivity index (χ1v) is 7.52. The number of hydrogen-bond acceptors (Lipinski definition) is 6. The smallest absolute Gasteiger partial charge is 0.245 e. The minimum atomic E-state index is 0.515. The summed E-state index contributed by atoms with van der Waals surface area (Å²) < 4.78 is 0. The van der Waals surface area contributed by atoms with Crippen molar-refractivity contribution in [2.24, 2.45) is 5.73 Å². The maximum Gasteiger partial charge on any atom is 0.245 e. The van der Waals surface area contributed by atoms with Crippen molar-refractivity contribution in [3.05, 3.63) is 11.4 Å². The summed E-state index contributed by atoms with van der Waals surface area (Å²) in [5, 5.41) is 8.38. The fraction of sp³-hybridized carbons (Fsp3) is 0.786. The Morgan fingerprint density at radius 1 is 1.10 bits per heavy atom. The molecule has 112 valence electrons. The third-order valence-corrected chi connectivity index (χ3v) is 4.09. The van der Waals surface area contributed by atoms with Crippen LogP contribution in [0.2, 0.25) is 0 Å². The first-order chi connectivity index (χ1) is 9.65. The lowest BCUT2D eigenvalue weighted by atomic mass is 10.1. The molecule has 2 N–H and O–H groups in total. The van der Waals surface area contributed by atoms with Crippen LogP contribution in [0.4, 0.5) is 5.95 Å². The van der Waals surface area contributed by atoms with Gasteiger partial charge in [0.05, 0.1) is 11.4 Å². The molecular weight excluding hydrogens is 252 g/mol. The third-order valence-electron chi connectivity index (χ3n) is 4.09. The van der Waals surface area contributed by atoms with E-state index >= 15 is 0 Å². The largest absolute Gasteiger partial charge is 0.337 e. The van der Waals surface area contributed by atoms with Crippen molar-refractivity contribution in [1.29, 1.82) is 0 Å². The summed E-state index contributed by atoms with van der Waals surface area (Å²) >= 11 is 0. The molecule has 6 nitrogen and oxygen atoms in total. The predicted octanol–water partition coefficient (Wildman–Crippen LogP) is 0.738. The van der Waals surface area contributed by atoms with E-state index in [1.165, 1.54) is 12.8 Å². The topological polar surface area (TPSA) is 71.2 Å². The van der Waals surface area contributed by atoms with E-state index in [-0.39, 0.29) is 0 Å². The number of nitrogens with zero attached hydrogens (tertiary/aromatic N) is 5. The highest BCUT2D eigenvalue weighted by molar-refractivity contribution is 5.30. The number of aromatic nitrogens is 3. The molecule has 1 fully saturated rings. The van der Waals surface area contributed by atoms with Crippen LogP contribution in [0.3, 0.4) is 0 Å². The number of anilines is 1. The Hall–Kier alpha value is -1.27. The van der Waals surface area contributed by atoms with Crippen molar-refractivity contribution in [2.45, 2.75) is 39.7 Å².